The zero-order valence-corrected chi connectivity index (χ0v) is 13.4. The fourth-order valence-electron chi connectivity index (χ4n) is 3.55. The molecule has 2 aliphatic heterocycles. The Kier molecular flexibility index (Phi) is 3.93. The number of aryl methyl sites for hydroxylation is 1. The number of rotatable bonds is 3. The van der Waals surface area contributed by atoms with E-state index in [0.717, 1.165) is 18.6 Å². The van der Waals surface area contributed by atoms with Crippen molar-refractivity contribution in [3.63, 3.8) is 0 Å². The third kappa shape index (κ3) is 2.75. The maximum absolute atomic E-state index is 12.9. The smallest absolute Gasteiger partial charge is 0.259 e. The van der Waals surface area contributed by atoms with E-state index in [2.05, 4.69) is 10.1 Å². The number of hydrogen-bond donors (Lipinski definition) is 0. The van der Waals surface area contributed by atoms with Gasteiger partial charge in [0.1, 0.15) is 23.2 Å². The summed E-state index contributed by atoms with van der Waals surface area (Å²) >= 11 is 0. The quantitative estimate of drug-likeness (QED) is 0.855. The van der Waals surface area contributed by atoms with Crippen molar-refractivity contribution in [3.8, 4) is 5.75 Å². The minimum absolute atomic E-state index is 0.000899. The van der Waals surface area contributed by atoms with E-state index in [1.165, 1.54) is 6.20 Å². The van der Waals surface area contributed by atoms with Crippen molar-refractivity contribution < 1.29 is 18.8 Å². The fraction of sp³-hybridized carbons (Fsp3) is 0.471. The standard InChI is InChI=1S/C17H19N3O4/c1-11-16(8-19-24-11)17(21)20-12-5-15(6-13(20)10-22-9-12)23-14-3-2-4-18-7-14/h2-4,7-8,12-13,15H,5-6,9-10H2,1H3. The molecule has 2 fully saturated rings. The third-order valence-electron chi connectivity index (χ3n) is 4.63. The van der Waals surface area contributed by atoms with Gasteiger partial charge in [0.2, 0.25) is 0 Å². The van der Waals surface area contributed by atoms with Crippen LogP contribution in [0.3, 0.4) is 0 Å². The maximum Gasteiger partial charge on any atom is 0.259 e. The first-order chi connectivity index (χ1) is 11.7. The molecule has 2 aromatic rings. The van der Waals surface area contributed by atoms with E-state index in [0.29, 0.717) is 24.5 Å². The third-order valence-corrected chi connectivity index (χ3v) is 4.63. The second-order valence-electron chi connectivity index (χ2n) is 6.25. The average molecular weight is 329 g/mol. The summed E-state index contributed by atoms with van der Waals surface area (Å²) in [5, 5.41) is 3.72. The number of amides is 1. The number of nitrogens with zero attached hydrogens (tertiary/aromatic N) is 3. The summed E-state index contributed by atoms with van der Waals surface area (Å²) in [5.41, 5.74) is 0.526. The van der Waals surface area contributed by atoms with E-state index in [-0.39, 0.29) is 24.1 Å². The fourth-order valence-corrected chi connectivity index (χ4v) is 3.55. The molecule has 7 nitrogen and oxygen atoms in total. The van der Waals surface area contributed by atoms with Crippen LogP contribution in [-0.4, -0.2) is 52.3 Å². The second kappa shape index (κ2) is 6.24. The van der Waals surface area contributed by atoms with Gasteiger partial charge >= 0.3 is 0 Å². The number of piperidine rings is 1. The van der Waals surface area contributed by atoms with Crippen LogP contribution in [0.25, 0.3) is 0 Å². The number of pyridine rings is 1. The van der Waals surface area contributed by atoms with E-state index in [1.54, 1.807) is 19.3 Å². The average Bonchev–Trinajstić information content (AvgIpc) is 3.00. The van der Waals surface area contributed by atoms with Crippen molar-refractivity contribution in [2.75, 3.05) is 13.2 Å². The van der Waals surface area contributed by atoms with Gasteiger partial charge in [0.05, 0.1) is 37.7 Å². The lowest BCUT2D eigenvalue weighted by Gasteiger charge is -2.48. The van der Waals surface area contributed by atoms with Crippen LogP contribution in [0.5, 0.6) is 5.75 Å². The van der Waals surface area contributed by atoms with Gasteiger partial charge in [0.15, 0.2) is 0 Å². The molecule has 0 aromatic carbocycles. The second-order valence-corrected chi connectivity index (χ2v) is 6.25. The molecule has 4 heterocycles. The molecule has 0 saturated carbocycles. The Morgan fingerprint density at radius 2 is 2.08 bits per heavy atom. The molecular formula is C17H19N3O4. The molecule has 2 unspecified atom stereocenters. The zero-order valence-electron chi connectivity index (χ0n) is 13.4. The van der Waals surface area contributed by atoms with Crippen LogP contribution in [0.1, 0.15) is 29.0 Å². The van der Waals surface area contributed by atoms with Gasteiger partial charge in [-0.25, -0.2) is 0 Å². The van der Waals surface area contributed by atoms with Gasteiger partial charge in [-0.3, -0.25) is 9.78 Å². The Hall–Kier alpha value is -2.41. The molecular weight excluding hydrogens is 310 g/mol. The highest BCUT2D eigenvalue weighted by Gasteiger charge is 2.43. The van der Waals surface area contributed by atoms with Crippen LogP contribution < -0.4 is 4.74 Å². The van der Waals surface area contributed by atoms with Gasteiger partial charge in [0.25, 0.3) is 5.91 Å². The van der Waals surface area contributed by atoms with E-state index in [4.69, 9.17) is 14.0 Å². The Morgan fingerprint density at radius 3 is 2.71 bits per heavy atom. The largest absolute Gasteiger partial charge is 0.489 e. The number of carbonyl (C=O) groups is 1. The number of hydrogen-bond acceptors (Lipinski definition) is 6. The minimum atomic E-state index is -0.0353. The summed E-state index contributed by atoms with van der Waals surface area (Å²) in [7, 11) is 0. The van der Waals surface area contributed by atoms with Crippen molar-refractivity contribution >= 4 is 5.91 Å². The van der Waals surface area contributed by atoms with Crippen molar-refractivity contribution in [3.05, 3.63) is 42.0 Å². The Morgan fingerprint density at radius 1 is 1.29 bits per heavy atom. The molecule has 4 rings (SSSR count). The number of ether oxygens (including phenoxy) is 2. The molecule has 0 spiro atoms. The lowest BCUT2D eigenvalue weighted by atomic mass is 9.91. The zero-order chi connectivity index (χ0) is 16.5. The topological polar surface area (TPSA) is 77.7 Å². The monoisotopic (exact) mass is 329 g/mol. The van der Waals surface area contributed by atoms with E-state index in [1.807, 2.05) is 17.0 Å². The van der Waals surface area contributed by atoms with Crippen LogP contribution >= 0.6 is 0 Å². The lowest BCUT2D eigenvalue weighted by Crippen LogP contribution is -2.60. The van der Waals surface area contributed by atoms with E-state index in [9.17, 15) is 4.79 Å². The van der Waals surface area contributed by atoms with Gasteiger partial charge in [-0.1, -0.05) is 5.16 Å². The molecule has 0 aliphatic carbocycles. The first-order valence-electron chi connectivity index (χ1n) is 8.10. The van der Waals surface area contributed by atoms with Crippen molar-refractivity contribution in [1.29, 1.82) is 0 Å². The van der Waals surface area contributed by atoms with Crippen molar-refractivity contribution in [1.82, 2.24) is 15.0 Å². The van der Waals surface area contributed by atoms with E-state index < -0.39 is 0 Å². The highest BCUT2D eigenvalue weighted by molar-refractivity contribution is 5.95. The molecule has 2 aliphatic rings. The molecule has 2 aromatic heterocycles. The molecule has 2 bridgehead atoms. The van der Waals surface area contributed by atoms with Crippen LogP contribution in [0, 0.1) is 6.92 Å². The summed E-state index contributed by atoms with van der Waals surface area (Å²) < 4.78 is 16.7. The SMILES string of the molecule is Cc1oncc1C(=O)N1C2COCC1CC(Oc1cccnc1)C2. The van der Waals surface area contributed by atoms with Gasteiger partial charge in [-0.2, -0.15) is 0 Å². The summed E-state index contributed by atoms with van der Waals surface area (Å²) in [4.78, 5) is 18.9. The molecule has 24 heavy (non-hydrogen) atoms. The highest BCUT2D eigenvalue weighted by atomic mass is 16.5. The predicted octanol–water partition coefficient (Wildman–Crippen LogP) is 1.83. The van der Waals surface area contributed by atoms with E-state index >= 15 is 0 Å². The number of morpholine rings is 1. The number of aromatic nitrogens is 2. The molecule has 7 heteroatoms. The van der Waals surface area contributed by atoms with Crippen LogP contribution in [-0.2, 0) is 4.74 Å². The van der Waals surface area contributed by atoms with Crippen LogP contribution in [0.2, 0.25) is 0 Å². The molecule has 2 atom stereocenters. The lowest BCUT2D eigenvalue weighted by molar-refractivity contribution is -0.0824. The number of carbonyl (C=O) groups excluding carboxylic acids is 1. The summed E-state index contributed by atoms with van der Waals surface area (Å²) in [6.45, 7) is 2.81. The Balaban J connectivity index is 1.51. The van der Waals surface area contributed by atoms with Gasteiger partial charge < -0.3 is 18.9 Å². The predicted molar refractivity (Wildman–Crippen MR) is 83.7 cm³/mol. The van der Waals surface area contributed by atoms with Gasteiger partial charge in [0, 0.05) is 19.0 Å². The molecule has 0 N–H and O–H groups in total. The summed E-state index contributed by atoms with van der Waals surface area (Å²) in [6.07, 6.45) is 6.46. The van der Waals surface area contributed by atoms with Crippen molar-refractivity contribution in [2.24, 2.45) is 0 Å². The molecule has 126 valence electrons. The number of fused-ring (bicyclic) bond motifs is 2. The Bertz CT molecular complexity index is 704. The molecule has 0 radical (unpaired) electrons. The first kappa shape index (κ1) is 15.1. The summed E-state index contributed by atoms with van der Waals surface area (Å²) in [5.74, 6) is 1.27. The minimum Gasteiger partial charge on any atom is -0.489 e. The van der Waals surface area contributed by atoms with Crippen LogP contribution in [0.15, 0.2) is 35.2 Å². The maximum atomic E-state index is 12.9. The van der Waals surface area contributed by atoms with Crippen LogP contribution in [0.4, 0.5) is 0 Å². The first-order valence-corrected chi connectivity index (χ1v) is 8.10. The highest BCUT2D eigenvalue weighted by Crippen LogP contribution is 2.32. The van der Waals surface area contributed by atoms with Gasteiger partial charge in [-0.15, -0.1) is 0 Å². The Labute approximate surface area is 139 Å². The molecule has 2 saturated heterocycles. The normalized spacial score (nSPS) is 26.2. The molecule has 1 amide bonds. The summed E-state index contributed by atoms with van der Waals surface area (Å²) in [6, 6.07) is 3.76. The van der Waals surface area contributed by atoms with Gasteiger partial charge in [-0.05, 0) is 19.1 Å². The van der Waals surface area contributed by atoms with Crippen molar-refractivity contribution in [2.45, 2.75) is 38.0 Å².